The highest BCUT2D eigenvalue weighted by Gasteiger charge is 2.28. The molecule has 0 N–H and O–H groups in total. The minimum atomic E-state index is -0.272. The van der Waals surface area contributed by atoms with Gasteiger partial charge in [0, 0.05) is 30.3 Å². The summed E-state index contributed by atoms with van der Waals surface area (Å²) in [6.45, 7) is 5.19. The number of ether oxygens (including phenoxy) is 1. The topological polar surface area (TPSA) is 47.4 Å². The fraction of sp³-hybridized carbons (Fsp3) is 0.286. The van der Waals surface area contributed by atoms with E-state index in [9.17, 15) is 9.18 Å². The first-order valence-corrected chi connectivity index (χ1v) is 11.6. The van der Waals surface area contributed by atoms with E-state index in [2.05, 4.69) is 4.57 Å². The van der Waals surface area contributed by atoms with Crippen molar-refractivity contribution in [1.82, 2.24) is 14.5 Å². The molecule has 1 amide bonds. The summed E-state index contributed by atoms with van der Waals surface area (Å²) in [4.78, 5) is 20.0. The Morgan fingerprint density at radius 3 is 2.32 bits per heavy atom. The Balaban J connectivity index is 1.42. The van der Waals surface area contributed by atoms with Gasteiger partial charge in [-0.05, 0) is 68.1 Å². The summed E-state index contributed by atoms with van der Waals surface area (Å²) in [6, 6.07) is 18.7. The van der Waals surface area contributed by atoms with Gasteiger partial charge in [-0.3, -0.25) is 4.79 Å². The minimum absolute atomic E-state index is 0.0390. The van der Waals surface area contributed by atoms with Gasteiger partial charge in [-0.15, -0.1) is 0 Å². The van der Waals surface area contributed by atoms with Gasteiger partial charge in [0.1, 0.15) is 17.4 Å². The number of nitrogens with zero attached hydrogens (tertiary/aromatic N) is 3. The average Bonchev–Trinajstić information content (AvgIpc) is 3.22. The number of rotatable bonds is 4. The predicted molar refractivity (Wildman–Crippen MR) is 132 cm³/mol. The van der Waals surface area contributed by atoms with E-state index in [0.717, 1.165) is 52.1 Å². The molecular weight excluding hydrogens is 429 g/mol. The Kier molecular flexibility index (Phi) is 5.82. The molecule has 0 radical (unpaired) electrons. The van der Waals surface area contributed by atoms with Gasteiger partial charge < -0.3 is 14.2 Å². The number of fused-ring (bicyclic) bond motifs is 1. The van der Waals surface area contributed by atoms with Gasteiger partial charge in [0.05, 0.1) is 18.1 Å². The van der Waals surface area contributed by atoms with Crippen LogP contribution in [0.2, 0.25) is 0 Å². The van der Waals surface area contributed by atoms with Crippen LogP contribution in [-0.4, -0.2) is 40.6 Å². The normalized spacial score (nSPS) is 14.5. The maximum Gasteiger partial charge on any atom is 0.253 e. The lowest BCUT2D eigenvalue weighted by atomic mass is 10.0. The minimum Gasteiger partial charge on any atom is -0.496 e. The third kappa shape index (κ3) is 3.94. The first-order valence-electron chi connectivity index (χ1n) is 11.6. The van der Waals surface area contributed by atoms with E-state index in [1.54, 1.807) is 19.2 Å². The number of aromatic nitrogens is 2. The van der Waals surface area contributed by atoms with Crippen molar-refractivity contribution in [2.45, 2.75) is 32.7 Å². The Morgan fingerprint density at radius 1 is 1.00 bits per heavy atom. The largest absolute Gasteiger partial charge is 0.496 e. The van der Waals surface area contributed by atoms with Gasteiger partial charge in [0.2, 0.25) is 0 Å². The summed E-state index contributed by atoms with van der Waals surface area (Å²) < 4.78 is 21.8. The Hall–Kier alpha value is -3.67. The van der Waals surface area contributed by atoms with Crippen molar-refractivity contribution in [1.29, 1.82) is 0 Å². The third-order valence-electron chi connectivity index (χ3n) is 6.71. The molecule has 0 bridgehead atoms. The zero-order valence-corrected chi connectivity index (χ0v) is 19.7. The van der Waals surface area contributed by atoms with E-state index in [-0.39, 0.29) is 17.8 Å². The van der Waals surface area contributed by atoms with Gasteiger partial charge in [0.15, 0.2) is 0 Å². The summed E-state index contributed by atoms with van der Waals surface area (Å²) >= 11 is 0. The molecule has 0 aliphatic carbocycles. The van der Waals surface area contributed by atoms with Crippen molar-refractivity contribution in [2.75, 3.05) is 20.2 Å². The van der Waals surface area contributed by atoms with Crippen molar-refractivity contribution < 1.29 is 13.9 Å². The monoisotopic (exact) mass is 457 g/mol. The SMILES string of the molecule is COc1c(C)cc(C(=O)N2CCC(n3c(-c4ccccc4)nc4ccc(F)cc43)CC2)cc1C. The zero-order valence-electron chi connectivity index (χ0n) is 19.7. The van der Waals surface area contributed by atoms with E-state index in [4.69, 9.17) is 9.72 Å². The molecule has 2 heterocycles. The number of piperidine rings is 1. The summed E-state index contributed by atoms with van der Waals surface area (Å²) in [7, 11) is 1.65. The Labute approximate surface area is 198 Å². The fourth-order valence-electron chi connectivity index (χ4n) is 5.13. The van der Waals surface area contributed by atoms with Crippen LogP contribution in [0.1, 0.15) is 40.4 Å². The summed E-state index contributed by atoms with van der Waals surface area (Å²) in [5.41, 5.74) is 5.18. The van der Waals surface area contributed by atoms with Gasteiger partial charge in [-0.2, -0.15) is 0 Å². The Morgan fingerprint density at radius 2 is 1.68 bits per heavy atom. The van der Waals surface area contributed by atoms with Gasteiger partial charge in [0.25, 0.3) is 5.91 Å². The molecule has 6 heteroatoms. The van der Waals surface area contributed by atoms with E-state index < -0.39 is 0 Å². The second kappa shape index (κ2) is 8.93. The zero-order chi connectivity index (χ0) is 23.8. The number of imidazole rings is 1. The summed E-state index contributed by atoms with van der Waals surface area (Å²) in [5.74, 6) is 1.43. The Bertz CT molecular complexity index is 1330. The molecular formula is C28H28FN3O2. The van der Waals surface area contributed by atoms with Crippen molar-refractivity contribution in [3.8, 4) is 17.1 Å². The smallest absolute Gasteiger partial charge is 0.253 e. The molecule has 1 aromatic heterocycles. The van der Waals surface area contributed by atoms with Gasteiger partial charge >= 0.3 is 0 Å². The molecule has 34 heavy (non-hydrogen) atoms. The van der Waals surface area contributed by atoms with Crippen molar-refractivity contribution >= 4 is 16.9 Å². The predicted octanol–water partition coefficient (Wildman–Crippen LogP) is 5.95. The standard InChI is InChI=1S/C28H28FN3O2/c1-18-15-21(16-19(2)26(18)34-3)28(33)31-13-11-23(12-14-31)32-25-17-22(29)9-10-24(25)30-27(32)20-7-5-4-6-8-20/h4-10,15-17,23H,11-14H2,1-3H3. The second-order valence-electron chi connectivity index (χ2n) is 8.97. The van der Waals surface area contributed by atoms with Crippen LogP contribution in [0, 0.1) is 19.7 Å². The number of methoxy groups -OCH3 is 1. The third-order valence-corrected chi connectivity index (χ3v) is 6.71. The van der Waals surface area contributed by atoms with Crippen LogP contribution in [-0.2, 0) is 0 Å². The molecule has 0 spiro atoms. The number of carbonyl (C=O) groups is 1. The molecule has 1 aliphatic heterocycles. The number of likely N-dealkylation sites (tertiary alicyclic amines) is 1. The van der Waals surface area contributed by atoms with Gasteiger partial charge in [-0.1, -0.05) is 30.3 Å². The number of amides is 1. The molecule has 1 saturated heterocycles. The van der Waals surface area contributed by atoms with Crippen molar-refractivity contribution in [2.24, 2.45) is 0 Å². The molecule has 5 rings (SSSR count). The highest BCUT2D eigenvalue weighted by atomic mass is 19.1. The number of aryl methyl sites for hydroxylation is 2. The van der Waals surface area contributed by atoms with E-state index in [0.29, 0.717) is 18.7 Å². The van der Waals surface area contributed by atoms with E-state index in [1.165, 1.54) is 6.07 Å². The van der Waals surface area contributed by atoms with Crippen LogP contribution in [0.15, 0.2) is 60.7 Å². The first-order chi connectivity index (χ1) is 16.5. The molecule has 0 atom stereocenters. The molecule has 4 aromatic rings. The molecule has 3 aromatic carbocycles. The van der Waals surface area contributed by atoms with Crippen LogP contribution >= 0.6 is 0 Å². The van der Waals surface area contributed by atoms with Crippen molar-refractivity contribution in [3.05, 3.63) is 83.2 Å². The molecule has 0 unspecified atom stereocenters. The maximum atomic E-state index is 14.2. The van der Waals surface area contributed by atoms with E-state index in [1.807, 2.05) is 61.2 Å². The maximum absolute atomic E-state index is 14.2. The summed E-state index contributed by atoms with van der Waals surface area (Å²) in [5, 5.41) is 0. The quantitative estimate of drug-likeness (QED) is 0.381. The van der Waals surface area contributed by atoms with Crippen LogP contribution < -0.4 is 4.74 Å². The second-order valence-corrected chi connectivity index (χ2v) is 8.97. The number of hydrogen-bond donors (Lipinski definition) is 0. The average molecular weight is 458 g/mol. The lowest BCUT2D eigenvalue weighted by Crippen LogP contribution is -2.39. The fourth-order valence-corrected chi connectivity index (χ4v) is 5.13. The van der Waals surface area contributed by atoms with Crippen LogP contribution in [0.5, 0.6) is 5.75 Å². The highest BCUT2D eigenvalue weighted by molar-refractivity contribution is 5.95. The van der Waals surface area contributed by atoms with Gasteiger partial charge in [-0.25, -0.2) is 9.37 Å². The van der Waals surface area contributed by atoms with Crippen molar-refractivity contribution in [3.63, 3.8) is 0 Å². The molecule has 0 saturated carbocycles. The van der Waals surface area contributed by atoms with Crippen LogP contribution in [0.3, 0.4) is 0 Å². The highest BCUT2D eigenvalue weighted by Crippen LogP contribution is 2.34. The number of benzene rings is 3. The molecule has 5 nitrogen and oxygen atoms in total. The van der Waals surface area contributed by atoms with E-state index >= 15 is 0 Å². The number of halogens is 1. The number of carbonyl (C=O) groups excluding carboxylic acids is 1. The van der Waals surface area contributed by atoms with Crippen LogP contribution in [0.25, 0.3) is 22.4 Å². The lowest BCUT2D eigenvalue weighted by Gasteiger charge is -2.34. The number of hydrogen-bond acceptors (Lipinski definition) is 3. The lowest BCUT2D eigenvalue weighted by molar-refractivity contribution is 0.0696. The first kappa shape index (κ1) is 22.1. The molecule has 174 valence electrons. The molecule has 1 fully saturated rings. The molecule has 1 aliphatic rings. The summed E-state index contributed by atoms with van der Waals surface area (Å²) in [6.07, 6.45) is 1.56. The van der Waals surface area contributed by atoms with Crippen LogP contribution in [0.4, 0.5) is 4.39 Å².